The van der Waals surface area contributed by atoms with E-state index in [-0.39, 0.29) is 31.1 Å². The van der Waals surface area contributed by atoms with Crippen LogP contribution >= 0.6 is 0 Å². The molecule has 1 atom stereocenters. The van der Waals surface area contributed by atoms with Crippen LogP contribution < -0.4 is 0 Å². The summed E-state index contributed by atoms with van der Waals surface area (Å²) in [5, 5.41) is 0. The minimum absolute atomic E-state index is 0.0785. The van der Waals surface area contributed by atoms with E-state index >= 15 is 0 Å². The zero-order chi connectivity index (χ0) is 49.3. The number of esters is 3. The smallest absolute Gasteiger partial charge is 0.306 e. The van der Waals surface area contributed by atoms with Gasteiger partial charge in [-0.05, 0) is 89.9 Å². The number of allylic oxidation sites excluding steroid dienone is 14. The highest BCUT2D eigenvalue weighted by atomic mass is 16.6. The van der Waals surface area contributed by atoms with Gasteiger partial charge in [-0.1, -0.05) is 247 Å². The van der Waals surface area contributed by atoms with E-state index in [4.69, 9.17) is 14.2 Å². The predicted octanol–water partition coefficient (Wildman–Crippen LogP) is 19.2. The zero-order valence-electron chi connectivity index (χ0n) is 44.6. The van der Waals surface area contributed by atoms with Crippen LogP contribution in [0.2, 0.25) is 0 Å². The molecule has 0 heterocycles. The summed E-state index contributed by atoms with van der Waals surface area (Å²) in [7, 11) is 0. The lowest BCUT2D eigenvalue weighted by atomic mass is 10.1. The highest BCUT2D eigenvalue weighted by Gasteiger charge is 2.19. The Balaban J connectivity index is 4.16. The van der Waals surface area contributed by atoms with E-state index in [0.29, 0.717) is 19.3 Å². The molecule has 390 valence electrons. The van der Waals surface area contributed by atoms with Crippen LogP contribution in [-0.4, -0.2) is 37.2 Å². The number of carbonyl (C=O) groups excluding carboxylic acids is 3. The van der Waals surface area contributed by atoms with Crippen LogP contribution in [0.25, 0.3) is 0 Å². The van der Waals surface area contributed by atoms with E-state index in [1.165, 1.54) is 122 Å². The van der Waals surface area contributed by atoms with E-state index in [1.54, 1.807) is 0 Å². The topological polar surface area (TPSA) is 78.9 Å². The molecule has 6 nitrogen and oxygen atoms in total. The van der Waals surface area contributed by atoms with Gasteiger partial charge in [0.1, 0.15) is 13.2 Å². The molecule has 0 amide bonds. The molecule has 0 saturated carbocycles. The van der Waals surface area contributed by atoms with Crippen LogP contribution in [0.1, 0.15) is 271 Å². The zero-order valence-corrected chi connectivity index (χ0v) is 44.6. The third-order valence-electron chi connectivity index (χ3n) is 12.1. The van der Waals surface area contributed by atoms with Crippen molar-refractivity contribution in [2.75, 3.05) is 13.2 Å². The first-order valence-corrected chi connectivity index (χ1v) is 28.6. The average molecular weight is 948 g/mol. The molecule has 0 rings (SSSR count). The van der Waals surface area contributed by atoms with Crippen molar-refractivity contribution in [3.05, 3.63) is 85.1 Å². The third-order valence-corrected chi connectivity index (χ3v) is 12.1. The Hall–Kier alpha value is -3.41. The van der Waals surface area contributed by atoms with Gasteiger partial charge in [-0.15, -0.1) is 0 Å². The molecular weight excluding hydrogens is 841 g/mol. The maximum atomic E-state index is 12.8. The third kappa shape index (κ3) is 53.5. The Morgan fingerprint density at radius 3 is 0.956 bits per heavy atom. The fourth-order valence-electron chi connectivity index (χ4n) is 7.84. The second kappa shape index (κ2) is 56.2. The molecule has 0 fully saturated rings. The summed E-state index contributed by atoms with van der Waals surface area (Å²) in [5.41, 5.74) is 0. The van der Waals surface area contributed by atoms with Crippen molar-refractivity contribution in [2.45, 2.75) is 277 Å². The fraction of sp³-hybridized carbons (Fsp3) is 0.726. The van der Waals surface area contributed by atoms with Gasteiger partial charge in [-0.25, -0.2) is 0 Å². The summed E-state index contributed by atoms with van der Waals surface area (Å²) in [4.78, 5) is 38.0. The van der Waals surface area contributed by atoms with Crippen molar-refractivity contribution in [1.82, 2.24) is 0 Å². The standard InChI is InChI=1S/C62H106O6/c1-4-7-10-13-16-19-22-23-24-25-26-27-28-29-30-31-32-33-34-35-36-37-38-39-41-43-46-49-52-55-61(64)67-58-59(57-66-60(63)54-51-48-45-42-21-18-15-12-9-6-3)68-62(65)56-53-50-47-44-40-20-17-14-11-8-5-2/h7,10,14,16-17,19,23-24,26-27,29-30,32-33,59H,4-6,8-9,11-13,15,18,20-22,25,28,31,34-58H2,1-3H3/b10-7-,17-14-,19-16-,24-23-,27-26-,30-29-,33-32-. The van der Waals surface area contributed by atoms with E-state index < -0.39 is 6.10 Å². The summed E-state index contributed by atoms with van der Waals surface area (Å²) < 4.78 is 16.8. The van der Waals surface area contributed by atoms with Crippen molar-refractivity contribution in [3.8, 4) is 0 Å². The van der Waals surface area contributed by atoms with Crippen molar-refractivity contribution in [3.63, 3.8) is 0 Å². The van der Waals surface area contributed by atoms with E-state index in [9.17, 15) is 14.4 Å². The predicted molar refractivity (Wildman–Crippen MR) is 293 cm³/mol. The lowest BCUT2D eigenvalue weighted by Crippen LogP contribution is -2.30. The maximum Gasteiger partial charge on any atom is 0.306 e. The lowest BCUT2D eigenvalue weighted by Gasteiger charge is -2.18. The fourth-order valence-corrected chi connectivity index (χ4v) is 7.84. The normalized spacial score (nSPS) is 12.7. The largest absolute Gasteiger partial charge is 0.462 e. The number of carbonyl (C=O) groups is 3. The number of unbranched alkanes of at least 4 members (excludes halogenated alkanes) is 26. The molecule has 0 aliphatic rings. The second-order valence-electron chi connectivity index (χ2n) is 18.8. The molecule has 0 bridgehead atoms. The van der Waals surface area contributed by atoms with Crippen LogP contribution in [0.5, 0.6) is 0 Å². The molecule has 0 aromatic carbocycles. The molecule has 1 unspecified atom stereocenters. The number of ether oxygens (including phenoxy) is 3. The van der Waals surface area contributed by atoms with Crippen LogP contribution in [0.4, 0.5) is 0 Å². The van der Waals surface area contributed by atoms with Crippen LogP contribution in [-0.2, 0) is 28.6 Å². The van der Waals surface area contributed by atoms with E-state index in [0.717, 1.165) is 109 Å². The van der Waals surface area contributed by atoms with Gasteiger partial charge in [0.05, 0.1) is 0 Å². The number of hydrogen-bond donors (Lipinski definition) is 0. The second-order valence-corrected chi connectivity index (χ2v) is 18.8. The molecule has 0 spiro atoms. The molecule has 6 heteroatoms. The summed E-state index contributed by atoms with van der Waals surface area (Å²) >= 11 is 0. The molecule has 0 N–H and O–H groups in total. The van der Waals surface area contributed by atoms with Crippen molar-refractivity contribution >= 4 is 17.9 Å². The quantitative estimate of drug-likeness (QED) is 0.0262. The molecule has 0 aliphatic heterocycles. The lowest BCUT2D eigenvalue weighted by molar-refractivity contribution is -0.167. The van der Waals surface area contributed by atoms with Crippen LogP contribution in [0.3, 0.4) is 0 Å². The van der Waals surface area contributed by atoms with Crippen molar-refractivity contribution < 1.29 is 28.6 Å². The Kier molecular flexibility index (Phi) is 53.4. The summed E-state index contributed by atoms with van der Waals surface area (Å²) in [6, 6.07) is 0. The van der Waals surface area contributed by atoms with E-state index in [2.05, 4.69) is 106 Å². The number of hydrogen-bond acceptors (Lipinski definition) is 6. The van der Waals surface area contributed by atoms with Gasteiger partial charge in [0.2, 0.25) is 0 Å². The average Bonchev–Trinajstić information content (AvgIpc) is 3.34. The molecular formula is C62H106O6. The molecule has 0 radical (unpaired) electrons. The SMILES string of the molecule is CC/C=C\C/C=C\C/C=C\C/C=C\C/C=C\C/C=C\CCCCCCCCCCCCC(=O)OCC(COC(=O)CCCCCCCCCCCC)OC(=O)CCCCCCC/C=C\CCCC. The monoisotopic (exact) mass is 947 g/mol. The first-order valence-electron chi connectivity index (χ1n) is 28.6. The molecule has 68 heavy (non-hydrogen) atoms. The van der Waals surface area contributed by atoms with Crippen LogP contribution in [0.15, 0.2) is 85.1 Å². The van der Waals surface area contributed by atoms with E-state index in [1.807, 2.05) is 0 Å². The Morgan fingerprint density at radius 1 is 0.309 bits per heavy atom. The van der Waals surface area contributed by atoms with Gasteiger partial charge >= 0.3 is 17.9 Å². The summed E-state index contributed by atoms with van der Waals surface area (Å²) in [6.45, 7) is 6.47. The van der Waals surface area contributed by atoms with Gasteiger partial charge < -0.3 is 14.2 Å². The highest BCUT2D eigenvalue weighted by molar-refractivity contribution is 5.71. The molecule has 0 aromatic heterocycles. The summed E-state index contributed by atoms with van der Waals surface area (Å²) in [5.74, 6) is -0.891. The maximum absolute atomic E-state index is 12.8. The first-order chi connectivity index (χ1) is 33.5. The minimum Gasteiger partial charge on any atom is -0.462 e. The Morgan fingerprint density at radius 2 is 0.588 bits per heavy atom. The van der Waals surface area contributed by atoms with Gasteiger partial charge in [0.15, 0.2) is 6.10 Å². The number of rotatable bonds is 51. The Bertz CT molecular complexity index is 1320. The first kappa shape index (κ1) is 64.6. The molecule has 0 aliphatic carbocycles. The molecule has 0 aromatic rings. The van der Waals surface area contributed by atoms with Gasteiger partial charge in [0.25, 0.3) is 0 Å². The van der Waals surface area contributed by atoms with Gasteiger partial charge in [0, 0.05) is 19.3 Å². The Labute approximate surface area is 420 Å². The highest BCUT2D eigenvalue weighted by Crippen LogP contribution is 2.15. The minimum atomic E-state index is -0.778. The van der Waals surface area contributed by atoms with Crippen molar-refractivity contribution in [2.24, 2.45) is 0 Å². The van der Waals surface area contributed by atoms with Gasteiger partial charge in [-0.2, -0.15) is 0 Å². The molecule has 0 saturated heterocycles. The van der Waals surface area contributed by atoms with Crippen LogP contribution in [0, 0.1) is 0 Å². The summed E-state index contributed by atoms with van der Waals surface area (Å²) in [6.07, 6.45) is 73.0. The van der Waals surface area contributed by atoms with Gasteiger partial charge in [-0.3, -0.25) is 14.4 Å². The van der Waals surface area contributed by atoms with Crippen molar-refractivity contribution in [1.29, 1.82) is 0 Å².